The first-order valence-electron chi connectivity index (χ1n) is 5.44. The average molecular weight is 223 g/mol. The fourth-order valence-corrected chi connectivity index (χ4v) is 1.77. The van der Waals surface area contributed by atoms with E-state index < -0.39 is 0 Å². The lowest BCUT2D eigenvalue weighted by atomic mass is 10.0. The topological polar surface area (TPSA) is 41.5 Å². The molecule has 0 bridgehead atoms. The molecule has 0 fully saturated rings. The van der Waals surface area contributed by atoms with Crippen LogP contribution in [0.2, 0.25) is 0 Å². The summed E-state index contributed by atoms with van der Waals surface area (Å²) in [6.45, 7) is 8.05. The van der Waals surface area contributed by atoms with Gasteiger partial charge in [0.15, 0.2) is 0 Å². The summed E-state index contributed by atoms with van der Waals surface area (Å²) < 4.78 is 5.31. The maximum atomic E-state index is 9.21. The molecule has 3 heteroatoms. The summed E-state index contributed by atoms with van der Waals surface area (Å²) in [6, 6.07) is 4.06. The molecule has 16 heavy (non-hydrogen) atoms. The highest BCUT2D eigenvalue weighted by molar-refractivity contribution is 5.56. The number of hydrogen-bond donors (Lipinski definition) is 2. The van der Waals surface area contributed by atoms with E-state index in [2.05, 4.69) is 5.32 Å². The van der Waals surface area contributed by atoms with E-state index in [9.17, 15) is 5.11 Å². The summed E-state index contributed by atoms with van der Waals surface area (Å²) >= 11 is 0. The SMILES string of the molecule is COc1c(C)cc(NC(C)(C)CO)cc1C. The Balaban J connectivity index is 3.00. The zero-order valence-corrected chi connectivity index (χ0v) is 10.7. The second kappa shape index (κ2) is 4.74. The van der Waals surface area contributed by atoms with E-state index in [0.717, 1.165) is 22.6 Å². The zero-order chi connectivity index (χ0) is 12.3. The third kappa shape index (κ3) is 2.89. The predicted molar refractivity (Wildman–Crippen MR) is 67.3 cm³/mol. The fraction of sp³-hybridized carbons (Fsp3) is 0.538. The van der Waals surface area contributed by atoms with Gasteiger partial charge in [-0.3, -0.25) is 0 Å². The minimum atomic E-state index is -0.312. The molecule has 0 spiro atoms. The van der Waals surface area contributed by atoms with Gasteiger partial charge in [-0.1, -0.05) is 0 Å². The quantitative estimate of drug-likeness (QED) is 0.824. The van der Waals surface area contributed by atoms with E-state index in [1.165, 1.54) is 0 Å². The standard InChI is InChI=1S/C13H21NO2/c1-9-6-11(14-13(3,4)8-15)7-10(2)12(9)16-5/h6-7,14-15H,8H2,1-5H3. The molecule has 1 aromatic rings. The minimum Gasteiger partial charge on any atom is -0.496 e. The van der Waals surface area contributed by atoms with Crippen molar-refractivity contribution in [3.63, 3.8) is 0 Å². The maximum Gasteiger partial charge on any atom is 0.124 e. The molecular weight excluding hydrogens is 202 g/mol. The Labute approximate surface area is 97.4 Å². The van der Waals surface area contributed by atoms with Crippen molar-refractivity contribution in [1.82, 2.24) is 0 Å². The van der Waals surface area contributed by atoms with Crippen LogP contribution >= 0.6 is 0 Å². The Bertz CT molecular complexity index is 349. The molecule has 0 atom stereocenters. The van der Waals surface area contributed by atoms with Crippen molar-refractivity contribution in [3.8, 4) is 5.75 Å². The van der Waals surface area contributed by atoms with Gasteiger partial charge in [0.1, 0.15) is 5.75 Å². The summed E-state index contributed by atoms with van der Waals surface area (Å²) in [5.41, 5.74) is 2.89. The predicted octanol–water partition coefficient (Wildman–Crippen LogP) is 2.49. The Morgan fingerprint density at radius 3 is 2.12 bits per heavy atom. The number of nitrogens with one attached hydrogen (secondary N) is 1. The van der Waals surface area contributed by atoms with E-state index in [1.807, 2.05) is 39.8 Å². The molecule has 90 valence electrons. The van der Waals surface area contributed by atoms with Crippen LogP contribution in [0.25, 0.3) is 0 Å². The maximum absolute atomic E-state index is 9.21. The first-order valence-corrected chi connectivity index (χ1v) is 5.44. The number of hydrogen-bond acceptors (Lipinski definition) is 3. The molecule has 3 nitrogen and oxygen atoms in total. The van der Waals surface area contributed by atoms with Crippen molar-refractivity contribution in [2.75, 3.05) is 19.0 Å². The molecule has 0 saturated heterocycles. The van der Waals surface area contributed by atoms with Crippen molar-refractivity contribution in [2.45, 2.75) is 33.2 Å². The van der Waals surface area contributed by atoms with E-state index in [0.29, 0.717) is 0 Å². The Morgan fingerprint density at radius 1 is 1.25 bits per heavy atom. The van der Waals surface area contributed by atoms with Crippen molar-refractivity contribution in [2.24, 2.45) is 0 Å². The Morgan fingerprint density at radius 2 is 1.75 bits per heavy atom. The number of aliphatic hydroxyl groups excluding tert-OH is 1. The van der Waals surface area contributed by atoms with Crippen LogP contribution in [0.5, 0.6) is 5.75 Å². The number of anilines is 1. The van der Waals surface area contributed by atoms with Gasteiger partial charge in [0.25, 0.3) is 0 Å². The van der Waals surface area contributed by atoms with Crippen molar-refractivity contribution in [1.29, 1.82) is 0 Å². The molecule has 0 amide bonds. The van der Waals surface area contributed by atoms with Crippen LogP contribution in [0.3, 0.4) is 0 Å². The zero-order valence-electron chi connectivity index (χ0n) is 10.7. The first-order chi connectivity index (χ1) is 7.39. The Kier molecular flexibility index (Phi) is 3.81. The average Bonchev–Trinajstić information content (AvgIpc) is 2.16. The second-order valence-electron chi connectivity index (χ2n) is 4.81. The van der Waals surface area contributed by atoms with Gasteiger partial charge in [0.05, 0.1) is 19.3 Å². The molecule has 2 N–H and O–H groups in total. The van der Waals surface area contributed by atoms with E-state index in [-0.39, 0.29) is 12.1 Å². The van der Waals surface area contributed by atoms with E-state index >= 15 is 0 Å². The molecule has 0 radical (unpaired) electrons. The smallest absolute Gasteiger partial charge is 0.124 e. The third-order valence-electron chi connectivity index (χ3n) is 2.54. The lowest BCUT2D eigenvalue weighted by Gasteiger charge is -2.25. The lowest BCUT2D eigenvalue weighted by Crippen LogP contribution is -2.34. The molecule has 0 heterocycles. The number of aliphatic hydroxyl groups is 1. The third-order valence-corrected chi connectivity index (χ3v) is 2.54. The molecule has 0 aliphatic heterocycles. The molecule has 1 rings (SSSR count). The van der Waals surface area contributed by atoms with E-state index in [4.69, 9.17) is 4.74 Å². The molecule has 0 aliphatic carbocycles. The molecule has 0 unspecified atom stereocenters. The summed E-state index contributed by atoms with van der Waals surface area (Å²) in [6.07, 6.45) is 0. The van der Waals surface area contributed by atoms with Crippen LogP contribution in [0.4, 0.5) is 5.69 Å². The normalized spacial score (nSPS) is 11.4. The monoisotopic (exact) mass is 223 g/mol. The molecular formula is C13H21NO2. The Hall–Kier alpha value is -1.22. The number of ether oxygens (including phenoxy) is 1. The van der Waals surface area contributed by atoms with Gasteiger partial charge in [0, 0.05) is 5.69 Å². The van der Waals surface area contributed by atoms with Gasteiger partial charge < -0.3 is 15.2 Å². The highest BCUT2D eigenvalue weighted by Gasteiger charge is 2.16. The van der Waals surface area contributed by atoms with Crippen molar-refractivity contribution < 1.29 is 9.84 Å². The van der Waals surface area contributed by atoms with Crippen LogP contribution in [-0.2, 0) is 0 Å². The fourth-order valence-electron chi connectivity index (χ4n) is 1.77. The summed E-state index contributed by atoms with van der Waals surface area (Å²) in [4.78, 5) is 0. The molecule has 0 aliphatic rings. The number of benzene rings is 1. The van der Waals surface area contributed by atoms with Crippen LogP contribution in [0.15, 0.2) is 12.1 Å². The first kappa shape index (κ1) is 12.8. The number of aryl methyl sites for hydroxylation is 2. The van der Waals surface area contributed by atoms with Gasteiger partial charge in [-0.15, -0.1) is 0 Å². The highest BCUT2D eigenvalue weighted by Crippen LogP contribution is 2.28. The van der Waals surface area contributed by atoms with Gasteiger partial charge >= 0.3 is 0 Å². The van der Waals surface area contributed by atoms with Crippen LogP contribution in [-0.4, -0.2) is 24.4 Å². The largest absolute Gasteiger partial charge is 0.496 e. The van der Waals surface area contributed by atoms with E-state index in [1.54, 1.807) is 7.11 Å². The van der Waals surface area contributed by atoms with Gasteiger partial charge in [-0.2, -0.15) is 0 Å². The number of methoxy groups -OCH3 is 1. The lowest BCUT2D eigenvalue weighted by molar-refractivity contribution is 0.234. The van der Waals surface area contributed by atoms with Crippen molar-refractivity contribution in [3.05, 3.63) is 23.3 Å². The molecule has 0 aromatic heterocycles. The molecule has 1 aromatic carbocycles. The van der Waals surface area contributed by atoms with Gasteiger partial charge in [-0.25, -0.2) is 0 Å². The number of rotatable bonds is 4. The van der Waals surface area contributed by atoms with Crippen LogP contribution in [0, 0.1) is 13.8 Å². The summed E-state index contributed by atoms with van der Waals surface area (Å²) in [7, 11) is 1.68. The highest BCUT2D eigenvalue weighted by atomic mass is 16.5. The summed E-state index contributed by atoms with van der Waals surface area (Å²) in [5, 5.41) is 12.5. The minimum absolute atomic E-state index is 0.0944. The summed E-state index contributed by atoms with van der Waals surface area (Å²) in [5.74, 6) is 0.923. The molecule has 0 saturated carbocycles. The van der Waals surface area contributed by atoms with Gasteiger partial charge in [0.2, 0.25) is 0 Å². The van der Waals surface area contributed by atoms with Gasteiger partial charge in [-0.05, 0) is 51.0 Å². The van der Waals surface area contributed by atoms with Crippen LogP contribution < -0.4 is 10.1 Å². The van der Waals surface area contributed by atoms with Crippen LogP contribution in [0.1, 0.15) is 25.0 Å². The van der Waals surface area contributed by atoms with Crippen molar-refractivity contribution >= 4 is 5.69 Å². The second-order valence-corrected chi connectivity index (χ2v) is 4.81.